The highest BCUT2D eigenvalue weighted by atomic mass is 35.5. The van der Waals surface area contributed by atoms with E-state index in [0.717, 1.165) is 34.8 Å². The maximum Gasteiger partial charge on any atom is 0.436 e. The fourth-order valence-electron chi connectivity index (χ4n) is 10.9. The molecule has 0 aliphatic carbocycles. The van der Waals surface area contributed by atoms with Crippen LogP contribution in [0.15, 0.2) is 128 Å². The number of alkyl halides is 10. The lowest BCUT2D eigenvalue weighted by atomic mass is 10.2. The molecular formula is C66H61Cl7F9N15O6. The average molecular weight is 1580 g/mol. The number of aromatic amines is 1. The van der Waals surface area contributed by atoms with Crippen molar-refractivity contribution in [3.05, 3.63) is 175 Å². The van der Waals surface area contributed by atoms with Gasteiger partial charge in [-0.3, -0.25) is 39.1 Å². The third-order valence-corrected chi connectivity index (χ3v) is 18.4. The summed E-state index contributed by atoms with van der Waals surface area (Å²) < 4.78 is 136. The molecule has 3 amide bonds. The molecule has 548 valence electrons. The zero-order chi connectivity index (χ0) is 74.5. The van der Waals surface area contributed by atoms with E-state index in [4.69, 9.17) is 95.4 Å². The quantitative estimate of drug-likeness (QED) is 0.0795. The summed E-state index contributed by atoms with van der Waals surface area (Å²) in [6.45, 7) is 5.52. The van der Waals surface area contributed by atoms with Gasteiger partial charge in [0.2, 0.25) is 17.7 Å². The molecule has 9 heterocycles. The van der Waals surface area contributed by atoms with Crippen LogP contribution in [0.1, 0.15) is 17.1 Å². The third-order valence-electron chi connectivity index (χ3n) is 16.1. The highest BCUT2D eigenvalue weighted by molar-refractivity contribution is 6.35. The number of methoxy groups -OCH3 is 3. The minimum Gasteiger partial charge on any atom is -0.495 e. The van der Waals surface area contributed by atoms with Crippen LogP contribution in [-0.2, 0) is 46.0 Å². The van der Waals surface area contributed by atoms with Gasteiger partial charge in [0.05, 0.1) is 53.5 Å². The maximum absolute atomic E-state index is 13.7. The summed E-state index contributed by atoms with van der Waals surface area (Å²) in [5, 5.41) is 12.9. The van der Waals surface area contributed by atoms with Crippen molar-refractivity contribution in [2.45, 2.75) is 31.6 Å². The number of piperazine rings is 3. The number of H-pyrrole nitrogens is 1. The first-order chi connectivity index (χ1) is 49.0. The molecule has 0 spiro atoms. The van der Waals surface area contributed by atoms with E-state index in [1.807, 2.05) is 46.4 Å². The van der Waals surface area contributed by atoms with E-state index in [1.165, 1.54) is 55.9 Å². The number of aromatic nitrogens is 9. The second-order valence-electron chi connectivity index (χ2n) is 22.4. The fourth-order valence-corrected chi connectivity index (χ4v) is 12.6. The van der Waals surface area contributed by atoms with E-state index < -0.39 is 69.7 Å². The van der Waals surface area contributed by atoms with Crippen molar-refractivity contribution < 1.29 is 68.1 Å². The smallest absolute Gasteiger partial charge is 0.436 e. The number of hydrogen-bond donors (Lipinski definition) is 1. The first kappa shape index (κ1) is 78.5. The van der Waals surface area contributed by atoms with Gasteiger partial charge < -0.3 is 43.6 Å². The number of halogens is 16. The van der Waals surface area contributed by atoms with E-state index in [9.17, 15) is 53.9 Å². The van der Waals surface area contributed by atoms with Crippen molar-refractivity contribution in [2.24, 2.45) is 0 Å². The molecule has 3 fully saturated rings. The number of amides is 3. The molecule has 0 bridgehead atoms. The van der Waals surface area contributed by atoms with Crippen LogP contribution in [0.25, 0.3) is 34.2 Å². The average Bonchev–Trinajstić information content (AvgIpc) is 1.65. The molecule has 21 nitrogen and oxygen atoms in total. The molecule has 1 N–H and O–H groups in total. The number of nitrogens with zero attached hydrogens (tertiary/aromatic N) is 14. The minimum absolute atomic E-state index is 0.00463. The largest absolute Gasteiger partial charge is 0.495 e. The first-order valence-corrected chi connectivity index (χ1v) is 33.7. The number of pyridine rings is 3. The van der Waals surface area contributed by atoms with Crippen LogP contribution in [0, 0.1) is 0 Å². The normalized spacial score (nSPS) is 14.2. The number of ether oxygens (including phenoxy) is 3. The molecule has 6 aromatic heterocycles. The van der Waals surface area contributed by atoms with Crippen molar-refractivity contribution in [3.63, 3.8) is 0 Å². The molecule has 0 unspecified atom stereocenters. The van der Waals surface area contributed by atoms with Gasteiger partial charge in [-0.2, -0.15) is 54.8 Å². The Kier molecular flexibility index (Phi) is 26.5. The molecule has 0 saturated carbocycles. The molecule has 3 aliphatic heterocycles. The molecule has 103 heavy (non-hydrogen) atoms. The van der Waals surface area contributed by atoms with Crippen LogP contribution >= 0.6 is 81.2 Å². The summed E-state index contributed by atoms with van der Waals surface area (Å²) in [6, 6.07) is 30.9. The number of benzene rings is 3. The summed E-state index contributed by atoms with van der Waals surface area (Å²) in [7, 11) is 4.66. The summed E-state index contributed by atoms with van der Waals surface area (Å²) in [5.74, 6) is 0.958. The van der Waals surface area contributed by atoms with E-state index in [2.05, 4.69) is 40.0 Å². The second kappa shape index (κ2) is 34.8. The molecule has 37 heteroatoms. The van der Waals surface area contributed by atoms with E-state index >= 15 is 0 Å². The highest BCUT2D eigenvalue weighted by Gasteiger charge is 2.43. The Labute approximate surface area is 618 Å². The Balaban J connectivity index is 0.000000167. The Morgan fingerprint density at radius 2 is 0.835 bits per heavy atom. The monoisotopic (exact) mass is 1580 g/mol. The maximum atomic E-state index is 13.7. The third kappa shape index (κ3) is 19.6. The van der Waals surface area contributed by atoms with Crippen molar-refractivity contribution in [1.82, 2.24) is 59.4 Å². The van der Waals surface area contributed by atoms with Crippen LogP contribution in [0.4, 0.5) is 56.6 Å². The van der Waals surface area contributed by atoms with Gasteiger partial charge in [-0.15, -0.1) is 11.6 Å². The van der Waals surface area contributed by atoms with E-state index in [0.29, 0.717) is 108 Å². The number of anilines is 3. The van der Waals surface area contributed by atoms with Crippen LogP contribution in [0.3, 0.4) is 0 Å². The van der Waals surface area contributed by atoms with Gasteiger partial charge in [0.15, 0.2) is 17.1 Å². The Morgan fingerprint density at radius 3 is 1.18 bits per heavy atom. The lowest BCUT2D eigenvalue weighted by Gasteiger charge is -2.36. The predicted octanol–water partition coefficient (Wildman–Crippen LogP) is 14.6. The summed E-state index contributed by atoms with van der Waals surface area (Å²) in [5.41, 5.74) is -0.132. The lowest BCUT2D eigenvalue weighted by Crippen LogP contribution is -2.49. The minimum atomic E-state index is -4.79. The fraction of sp³-hybridized carbons (Fsp3) is 0.318. The Hall–Kier alpha value is -8.65. The summed E-state index contributed by atoms with van der Waals surface area (Å²) in [6.07, 6.45) is -9.78. The van der Waals surface area contributed by atoms with Crippen molar-refractivity contribution in [3.8, 4) is 51.4 Å². The molecule has 3 aromatic carbocycles. The van der Waals surface area contributed by atoms with Crippen LogP contribution in [0.5, 0.6) is 17.2 Å². The van der Waals surface area contributed by atoms with Gasteiger partial charge in [0.1, 0.15) is 68.4 Å². The number of carbonyl (C=O) groups is 3. The zero-order valence-corrected chi connectivity index (χ0v) is 59.8. The number of hydrogen-bond acceptors (Lipinski definition) is 15. The predicted molar refractivity (Wildman–Crippen MR) is 374 cm³/mol. The van der Waals surface area contributed by atoms with Crippen molar-refractivity contribution in [1.29, 1.82) is 0 Å². The molecule has 0 atom stereocenters. The molecule has 3 saturated heterocycles. The SMILES string of the molecule is COc1cc(N2CCN(C(=O)CCl)CC2)ccc1Cl.COc1cc(N2CCN(C(=O)Cn3nc(-c4ccccn4)c(Cl)c3C(F)(F)F)CC2)ccc1Cl.COc1cc(N2CCN(C(=O)Cn3nc(C(F)(F)F)c(Cl)c3-c3ccccn3)CC2)ccc1Cl.FC(F)(F)c1[nH]nc(-c2ccccn2)c1Cl. The van der Waals surface area contributed by atoms with E-state index in [-0.39, 0.29) is 46.2 Å². The van der Waals surface area contributed by atoms with E-state index in [1.54, 1.807) is 71.5 Å². The van der Waals surface area contributed by atoms with Crippen LogP contribution < -0.4 is 28.9 Å². The second-order valence-corrected chi connectivity index (χ2v) is 25.1. The molecule has 9 aromatic rings. The number of rotatable bonds is 14. The molecular weight excluding hydrogens is 1520 g/mol. The molecule has 3 aliphatic rings. The summed E-state index contributed by atoms with van der Waals surface area (Å²) in [4.78, 5) is 60.5. The zero-order valence-electron chi connectivity index (χ0n) is 54.5. The van der Waals surface area contributed by atoms with Gasteiger partial charge in [0, 0.05) is 132 Å². The van der Waals surface area contributed by atoms with Gasteiger partial charge in [-0.25, -0.2) is 4.68 Å². The van der Waals surface area contributed by atoms with Gasteiger partial charge in [0.25, 0.3) is 0 Å². The molecule has 12 rings (SSSR count). The van der Waals surface area contributed by atoms with Gasteiger partial charge >= 0.3 is 18.5 Å². The van der Waals surface area contributed by atoms with Crippen LogP contribution in [-0.4, -0.2) is 183 Å². The highest BCUT2D eigenvalue weighted by Crippen LogP contribution is 2.43. The van der Waals surface area contributed by atoms with Crippen molar-refractivity contribution >= 4 is 116 Å². The number of nitrogens with one attached hydrogen (secondary N) is 1. The van der Waals surface area contributed by atoms with Gasteiger partial charge in [-0.05, 0) is 72.8 Å². The first-order valence-electron chi connectivity index (χ1n) is 30.9. The standard InChI is InChI=1S/2C22H20Cl2F3N5O2.C13H16Cl2N2O2.C9H5ClF3N3/c1-34-17-12-14(5-6-15(17)23)30-8-10-31(11-9-30)18(33)13-32-20(16-4-2-3-7-28-16)19(24)21(29-32)22(25,26)27;1-34-17-12-14(5-6-15(17)23)30-8-10-31(11-9-30)18(33)13-32-21(22(25,26)27)19(24)20(29-32)16-4-2-3-7-28-16;1-19-12-8-10(2-3-11(12)15)16-4-6-17(7-5-16)13(18)9-14;10-6-7(5-3-1-2-4-14-5)15-16-8(6)9(11,12)13/h2*2-7,12H,8-11,13H2,1H3;2-3,8H,4-7,9H2,1H3;1-4H,(H,15,16). The van der Waals surface area contributed by atoms with Crippen LogP contribution in [0.2, 0.25) is 30.1 Å². The lowest BCUT2D eigenvalue weighted by molar-refractivity contribution is -0.146. The Morgan fingerprint density at radius 1 is 0.447 bits per heavy atom. The summed E-state index contributed by atoms with van der Waals surface area (Å²) >= 11 is 41.4. The molecule has 0 radical (unpaired) electrons. The van der Waals surface area contributed by atoms with Crippen molar-refractivity contribution in [2.75, 3.05) is 120 Å². The van der Waals surface area contributed by atoms with Gasteiger partial charge in [-0.1, -0.05) is 87.8 Å². The Bertz CT molecular complexity index is 4370. The number of carbonyl (C=O) groups excluding carboxylic acids is 3. The topological polar surface area (TPSA) is 201 Å².